The molecule has 1 saturated heterocycles. The van der Waals surface area contributed by atoms with E-state index < -0.39 is 35.4 Å². The zero-order valence-corrected chi connectivity index (χ0v) is 19.7. The number of pyridine rings is 1. The summed E-state index contributed by atoms with van der Waals surface area (Å²) >= 11 is 1.44. The van der Waals surface area contributed by atoms with Crippen molar-refractivity contribution in [3.63, 3.8) is 0 Å². The topological polar surface area (TPSA) is 137 Å². The van der Waals surface area contributed by atoms with Gasteiger partial charge in [0.2, 0.25) is 5.91 Å². The number of fused-ring (bicyclic) bond motifs is 1. The SMILES string of the molecule is O=C(Cc1ccccc1)NC1C(=O)N2C(C(=O)O)=C(C=Cc3cccnc3)CS[C@@H]12.O=C(O)C(F)(F)F. The standard InChI is InChI=1S/C22H19N3O4S.C2HF3O2/c26-17(11-14-5-2-1-3-6-14)24-18-20(27)25-19(22(28)29)16(13-30-21(18)25)9-8-15-7-4-10-23-12-15;3-2(4,5)1(6)7/h1-10,12,18,21H,11,13H2,(H,24,26)(H,28,29);(H,6,7)/t18?,21-;/m0./s1. The predicted octanol–water partition coefficient (Wildman–Crippen LogP) is 2.71. The van der Waals surface area contributed by atoms with E-state index >= 15 is 0 Å². The van der Waals surface area contributed by atoms with E-state index in [1.165, 1.54) is 16.7 Å². The van der Waals surface area contributed by atoms with Crippen LogP contribution in [-0.4, -0.2) is 67.2 Å². The number of thioether (sulfide) groups is 1. The summed E-state index contributed by atoms with van der Waals surface area (Å²) in [7, 11) is 0. The van der Waals surface area contributed by atoms with E-state index in [9.17, 15) is 32.7 Å². The summed E-state index contributed by atoms with van der Waals surface area (Å²) in [5, 5.41) is 19.2. The number of halogens is 3. The predicted molar refractivity (Wildman–Crippen MR) is 127 cm³/mol. The van der Waals surface area contributed by atoms with Crippen LogP contribution in [0.3, 0.4) is 0 Å². The van der Waals surface area contributed by atoms with Crippen molar-refractivity contribution in [3.05, 3.63) is 83.3 Å². The maximum absolute atomic E-state index is 12.7. The molecular formula is C24H20F3N3O6S. The summed E-state index contributed by atoms with van der Waals surface area (Å²) in [6.07, 6.45) is 1.89. The molecule has 13 heteroatoms. The summed E-state index contributed by atoms with van der Waals surface area (Å²) in [5.74, 6) is -4.15. The first-order chi connectivity index (χ1) is 17.5. The van der Waals surface area contributed by atoms with Crippen molar-refractivity contribution in [3.8, 4) is 0 Å². The number of rotatable bonds is 6. The first-order valence-electron chi connectivity index (χ1n) is 10.6. The molecule has 37 heavy (non-hydrogen) atoms. The van der Waals surface area contributed by atoms with Crippen molar-refractivity contribution >= 4 is 41.6 Å². The Kier molecular flexibility index (Phi) is 8.71. The summed E-state index contributed by atoms with van der Waals surface area (Å²) in [4.78, 5) is 51.1. The first-order valence-corrected chi connectivity index (χ1v) is 11.7. The van der Waals surface area contributed by atoms with Crippen LogP contribution in [0.25, 0.3) is 6.08 Å². The number of hydrogen-bond donors (Lipinski definition) is 3. The lowest BCUT2D eigenvalue weighted by atomic mass is 10.0. The van der Waals surface area contributed by atoms with Gasteiger partial charge in [-0.05, 0) is 22.8 Å². The van der Waals surface area contributed by atoms with Crippen LogP contribution in [0.1, 0.15) is 11.1 Å². The minimum Gasteiger partial charge on any atom is -0.477 e. The lowest BCUT2D eigenvalue weighted by Gasteiger charge is -2.49. The van der Waals surface area contributed by atoms with E-state index in [-0.39, 0.29) is 18.0 Å². The molecule has 3 N–H and O–H groups in total. The highest BCUT2D eigenvalue weighted by Gasteiger charge is 2.53. The van der Waals surface area contributed by atoms with Crippen LogP contribution in [0.5, 0.6) is 0 Å². The fourth-order valence-corrected chi connectivity index (χ4v) is 4.77. The Bertz CT molecular complexity index is 1240. The molecule has 194 valence electrons. The normalized spacial score (nSPS) is 18.9. The van der Waals surface area contributed by atoms with Gasteiger partial charge in [0.15, 0.2) is 0 Å². The first kappa shape index (κ1) is 27.5. The Balaban J connectivity index is 0.000000479. The van der Waals surface area contributed by atoms with Crippen LogP contribution < -0.4 is 5.32 Å². The highest BCUT2D eigenvalue weighted by Crippen LogP contribution is 2.40. The van der Waals surface area contributed by atoms with Crippen LogP contribution in [0.4, 0.5) is 13.2 Å². The van der Waals surface area contributed by atoms with Crippen molar-refractivity contribution in [1.82, 2.24) is 15.2 Å². The number of allylic oxidation sites excluding steroid dienone is 1. The largest absolute Gasteiger partial charge is 0.490 e. The van der Waals surface area contributed by atoms with Gasteiger partial charge in [0, 0.05) is 18.1 Å². The number of carboxylic acid groups (broad SMARTS) is 2. The quantitative estimate of drug-likeness (QED) is 0.481. The number of carbonyl (C=O) groups is 4. The second-order valence-corrected chi connectivity index (χ2v) is 8.82. The highest BCUT2D eigenvalue weighted by molar-refractivity contribution is 8.00. The number of nitrogens with one attached hydrogen (secondary N) is 1. The van der Waals surface area contributed by atoms with Gasteiger partial charge in [-0.2, -0.15) is 13.2 Å². The molecule has 4 rings (SSSR count). The Morgan fingerprint density at radius 3 is 2.35 bits per heavy atom. The number of aromatic nitrogens is 1. The molecule has 2 aliphatic rings. The van der Waals surface area contributed by atoms with Crippen LogP contribution in [0.15, 0.2) is 72.2 Å². The smallest absolute Gasteiger partial charge is 0.477 e. The van der Waals surface area contributed by atoms with E-state index in [0.29, 0.717) is 11.3 Å². The number of benzene rings is 1. The maximum atomic E-state index is 12.7. The molecule has 9 nitrogen and oxygen atoms in total. The van der Waals surface area contributed by atoms with Gasteiger partial charge >= 0.3 is 18.1 Å². The molecule has 0 bridgehead atoms. The lowest BCUT2D eigenvalue weighted by molar-refractivity contribution is -0.192. The van der Waals surface area contributed by atoms with Gasteiger partial charge in [-0.1, -0.05) is 48.6 Å². The third kappa shape index (κ3) is 6.97. The van der Waals surface area contributed by atoms with Gasteiger partial charge in [0.1, 0.15) is 17.1 Å². The number of amides is 2. The second kappa shape index (κ2) is 11.7. The van der Waals surface area contributed by atoms with E-state index in [2.05, 4.69) is 10.3 Å². The summed E-state index contributed by atoms with van der Waals surface area (Å²) < 4.78 is 31.7. The van der Waals surface area contributed by atoms with E-state index in [1.54, 1.807) is 30.6 Å². The van der Waals surface area contributed by atoms with Gasteiger partial charge in [0.25, 0.3) is 5.91 Å². The van der Waals surface area contributed by atoms with Crippen molar-refractivity contribution in [2.75, 3.05) is 5.75 Å². The van der Waals surface area contributed by atoms with Crippen LogP contribution in [0, 0.1) is 0 Å². The third-order valence-corrected chi connectivity index (χ3v) is 6.43. The Hall–Kier alpha value is -4.13. The van der Waals surface area contributed by atoms with Crippen LogP contribution in [-0.2, 0) is 25.6 Å². The van der Waals surface area contributed by atoms with Crippen molar-refractivity contribution in [2.45, 2.75) is 24.0 Å². The zero-order chi connectivity index (χ0) is 27.2. The average molecular weight is 536 g/mol. The number of nitrogens with zero attached hydrogens (tertiary/aromatic N) is 2. The molecule has 0 spiro atoms. The van der Waals surface area contributed by atoms with Crippen molar-refractivity contribution in [1.29, 1.82) is 0 Å². The average Bonchev–Trinajstić information content (AvgIpc) is 2.86. The van der Waals surface area contributed by atoms with E-state index in [0.717, 1.165) is 11.1 Å². The second-order valence-electron chi connectivity index (χ2n) is 7.72. The maximum Gasteiger partial charge on any atom is 0.490 e. The molecule has 1 unspecified atom stereocenters. The van der Waals surface area contributed by atoms with Gasteiger partial charge in [-0.15, -0.1) is 11.8 Å². The minimum atomic E-state index is -5.08. The van der Waals surface area contributed by atoms with Crippen molar-refractivity contribution < 1.29 is 42.6 Å². The Morgan fingerprint density at radius 2 is 1.78 bits per heavy atom. The number of hydrogen-bond acceptors (Lipinski definition) is 6. The van der Waals surface area contributed by atoms with Crippen molar-refractivity contribution in [2.24, 2.45) is 0 Å². The molecule has 0 radical (unpaired) electrons. The fraction of sp³-hybridized carbons (Fsp3) is 0.208. The molecule has 2 amide bonds. The molecule has 2 aromatic rings. The van der Waals surface area contributed by atoms with E-state index in [4.69, 9.17) is 9.90 Å². The molecule has 1 aromatic heterocycles. The summed E-state index contributed by atoms with van der Waals surface area (Å²) in [6, 6.07) is 12.2. The summed E-state index contributed by atoms with van der Waals surface area (Å²) in [5.41, 5.74) is 2.21. The Morgan fingerprint density at radius 1 is 1.11 bits per heavy atom. The molecular weight excluding hydrogens is 515 g/mol. The lowest BCUT2D eigenvalue weighted by Crippen LogP contribution is -2.70. The number of alkyl halides is 3. The number of carbonyl (C=O) groups excluding carboxylic acids is 2. The number of β-lactam (4-membered cyclic amide) rings is 1. The number of carboxylic acids is 2. The van der Waals surface area contributed by atoms with E-state index in [1.807, 2.05) is 36.4 Å². The molecule has 1 aromatic carbocycles. The van der Waals surface area contributed by atoms with Gasteiger partial charge in [0.05, 0.1) is 6.42 Å². The Labute approximate surface area is 212 Å². The minimum absolute atomic E-state index is 0.0301. The fourth-order valence-electron chi connectivity index (χ4n) is 3.45. The molecule has 0 aliphatic carbocycles. The van der Waals surface area contributed by atoms with Gasteiger partial charge in [-0.25, -0.2) is 9.59 Å². The zero-order valence-electron chi connectivity index (χ0n) is 18.9. The molecule has 0 saturated carbocycles. The van der Waals surface area contributed by atoms with Gasteiger partial charge < -0.3 is 15.5 Å². The number of aliphatic carboxylic acids is 2. The molecule has 1 fully saturated rings. The highest BCUT2D eigenvalue weighted by atomic mass is 32.2. The monoisotopic (exact) mass is 535 g/mol. The summed E-state index contributed by atoms with van der Waals surface area (Å²) in [6.45, 7) is 0. The molecule has 3 heterocycles. The van der Waals surface area contributed by atoms with Gasteiger partial charge in [-0.3, -0.25) is 19.5 Å². The molecule has 2 aliphatic heterocycles. The molecule has 2 atom stereocenters. The third-order valence-electron chi connectivity index (χ3n) is 5.13. The van der Waals surface area contributed by atoms with Crippen LogP contribution in [0.2, 0.25) is 0 Å². The van der Waals surface area contributed by atoms with Crippen LogP contribution >= 0.6 is 11.8 Å².